The highest BCUT2D eigenvalue weighted by Gasteiger charge is 2.44. The van der Waals surface area contributed by atoms with E-state index in [1.54, 1.807) is 24.3 Å². The van der Waals surface area contributed by atoms with Crippen molar-refractivity contribution in [2.75, 3.05) is 19.0 Å². The summed E-state index contributed by atoms with van der Waals surface area (Å²) in [4.78, 5) is 24.1. The molecule has 0 aliphatic heterocycles. The number of para-hydroxylation sites is 2. The number of hydrazine groups is 1. The number of nitrogens with one attached hydrogen (secondary N) is 3. The molecule has 1 fully saturated rings. The van der Waals surface area contributed by atoms with Gasteiger partial charge in [0.1, 0.15) is 5.75 Å². The number of ether oxygens (including phenoxy) is 1. The molecule has 0 radical (unpaired) electrons. The van der Waals surface area contributed by atoms with Crippen molar-refractivity contribution in [2.24, 2.45) is 5.92 Å². The first kappa shape index (κ1) is 20.5. The van der Waals surface area contributed by atoms with E-state index >= 15 is 0 Å². The van der Waals surface area contributed by atoms with Crippen molar-refractivity contribution >= 4 is 17.5 Å². The largest absolute Gasteiger partial charge is 0.495 e. The van der Waals surface area contributed by atoms with E-state index in [1.807, 2.05) is 0 Å². The van der Waals surface area contributed by atoms with Crippen LogP contribution in [0, 0.1) is 5.92 Å². The third-order valence-electron chi connectivity index (χ3n) is 4.66. The summed E-state index contributed by atoms with van der Waals surface area (Å²) in [6, 6.07) is 11.9. The number of hydrogen-bond donors (Lipinski definition) is 3. The second kappa shape index (κ2) is 8.42. The molecule has 1 aliphatic carbocycles. The van der Waals surface area contributed by atoms with E-state index in [0.717, 1.165) is 12.1 Å². The zero-order chi connectivity index (χ0) is 21.0. The van der Waals surface area contributed by atoms with Crippen LogP contribution in [0.5, 0.6) is 5.75 Å². The number of halogens is 3. The quantitative estimate of drug-likeness (QED) is 0.643. The van der Waals surface area contributed by atoms with E-state index in [2.05, 4.69) is 16.2 Å². The summed E-state index contributed by atoms with van der Waals surface area (Å²) in [5.41, 5.74) is 5.26. The van der Waals surface area contributed by atoms with E-state index in [0.29, 0.717) is 23.4 Å². The second-order valence-electron chi connectivity index (χ2n) is 6.66. The molecule has 0 aromatic heterocycles. The van der Waals surface area contributed by atoms with Crippen molar-refractivity contribution in [3.05, 3.63) is 59.7 Å². The predicted molar refractivity (Wildman–Crippen MR) is 100 cm³/mol. The number of methoxy groups -OCH3 is 1. The molecule has 0 heterocycles. The minimum atomic E-state index is -4.39. The van der Waals surface area contributed by atoms with Crippen LogP contribution in [0.4, 0.5) is 18.9 Å². The SMILES string of the molecule is COc1ccccc1NCC(=O)NNC(=O)C1CC1c1ccc(C(F)(F)F)cc1. The third kappa shape index (κ3) is 5.18. The first-order valence-corrected chi connectivity index (χ1v) is 8.92. The van der Waals surface area contributed by atoms with Crippen molar-refractivity contribution in [2.45, 2.75) is 18.5 Å². The van der Waals surface area contributed by atoms with Gasteiger partial charge >= 0.3 is 6.18 Å². The van der Waals surface area contributed by atoms with Gasteiger partial charge in [0.05, 0.1) is 24.9 Å². The molecule has 0 bridgehead atoms. The minimum Gasteiger partial charge on any atom is -0.495 e. The fourth-order valence-corrected chi connectivity index (χ4v) is 3.01. The number of carbonyl (C=O) groups excluding carboxylic acids is 2. The van der Waals surface area contributed by atoms with Gasteiger partial charge in [0, 0.05) is 5.92 Å². The molecule has 2 atom stereocenters. The van der Waals surface area contributed by atoms with E-state index < -0.39 is 17.6 Å². The lowest BCUT2D eigenvalue weighted by molar-refractivity contribution is -0.137. The Balaban J connectivity index is 1.44. The third-order valence-corrected chi connectivity index (χ3v) is 4.66. The highest BCUT2D eigenvalue weighted by atomic mass is 19.4. The molecule has 2 amide bonds. The molecule has 1 saturated carbocycles. The Morgan fingerprint density at radius 2 is 1.76 bits per heavy atom. The fraction of sp³-hybridized carbons (Fsp3) is 0.300. The molecule has 3 rings (SSSR count). The summed E-state index contributed by atoms with van der Waals surface area (Å²) in [5, 5.41) is 2.90. The molecule has 9 heteroatoms. The Morgan fingerprint density at radius 1 is 1.07 bits per heavy atom. The van der Waals surface area contributed by atoms with Crippen LogP contribution in [0.3, 0.4) is 0 Å². The van der Waals surface area contributed by atoms with Crippen LogP contribution in [-0.2, 0) is 15.8 Å². The van der Waals surface area contributed by atoms with E-state index in [9.17, 15) is 22.8 Å². The summed E-state index contributed by atoms with van der Waals surface area (Å²) in [6.07, 6.45) is -3.87. The summed E-state index contributed by atoms with van der Waals surface area (Å²) in [5.74, 6) is -0.770. The lowest BCUT2D eigenvalue weighted by atomic mass is 10.1. The number of hydrogen-bond acceptors (Lipinski definition) is 4. The molecule has 2 unspecified atom stereocenters. The molecule has 29 heavy (non-hydrogen) atoms. The van der Waals surface area contributed by atoms with Crippen LogP contribution in [0.2, 0.25) is 0 Å². The maximum Gasteiger partial charge on any atom is 0.416 e. The van der Waals surface area contributed by atoms with Gasteiger partial charge in [0.2, 0.25) is 5.91 Å². The summed E-state index contributed by atoms with van der Waals surface area (Å²) < 4.78 is 43.0. The monoisotopic (exact) mass is 407 g/mol. The number of anilines is 1. The van der Waals surface area contributed by atoms with Gasteiger partial charge in [-0.15, -0.1) is 0 Å². The van der Waals surface area contributed by atoms with Crippen molar-refractivity contribution in [3.8, 4) is 5.75 Å². The second-order valence-corrected chi connectivity index (χ2v) is 6.66. The Hall–Kier alpha value is -3.23. The zero-order valence-electron chi connectivity index (χ0n) is 15.5. The fourth-order valence-electron chi connectivity index (χ4n) is 3.01. The van der Waals surface area contributed by atoms with Crippen LogP contribution in [0.15, 0.2) is 48.5 Å². The molecule has 0 spiro atoms. The van der Waals surface area contributed by atoms with Gasteiger partial charge in [-0.3, -0.25) is 20.4 Å². The first-order chi connectivity index (χ1) is 13.8. The van der Waals surface area contributed by atoms with Crippen molar-refractivity contribution in [1.29, 1.82) is 0 Å². The number of benzene rings is 2. The van der Waals surface area contributed by atoms with Gasteiger partial charge in [0.25, 0.3) is 5.91 Å². The van der Waals surface area contributed by atoms with Crippen LogP contribution in [0.25, 0.3) is 0 Å². The minimum absolute atomic E-state index is 0.0757. The lowest BCUT2D eigenvalue weighted by Crippen LogP contribution is -2.45. The van der Waals surface area contributed by atoms with Crippen LogP contribution in [0.1, 0.15) is 23.5 Å². The number of carbonyl (C=O) groups is 2. The molecule has 1 aliphatic rings. The standard InChI is InChI=1S/C20H20F3N3O3/c1-29-17-5-3-2-4-16(17)24-11-18(27)25-26-19(28)15-10-14(15)12-6-8-13(9-7-12)20(21,22)23/h2-9,14-15,24H,10-11H2,1H3,(H,25,27)(H,26,28). The van der Waals surface area contributed by atoms with Crippen molar-refractivity contribution in [1.82, 2.24) is 10.9 Å². The molecule has 2 aromatic rings. The van der Waals surface area contributed by atoms with Crippen LogP contribution < -0.4 is 20.9 Å². The van der Waals surface area contributed by atoms with E-state index in [-0.39, 0.29) is 24.3 Å². The van der Waals surface area contributed by atoms with Crippen LogP contribution in [-0.4, -0.2) is 25.5 Å². The van der Waals surface area contributed by atoms with Crippen molar-refractivity contribution < 1.29 is 27.5 Å². The smallest absolute Gasteiger partial charge is 0.416 e. The van der Waals surface area contributed by atoms with Gasteiger partial charge in [-0.2, -0.15) is 13.2 Å². The topological polar surface area (TPSA) is 79.5 Å². The first-order valence-electron chi connectivity index (χ1n) is 8.92. The molecule has 154 valence electrons. The van der Waals surface area contributed by atoms with Gasteiger partial charge in [-0.25, -0.2) is 0 Å². The Bertz CT molecular complexity index is 885. The summed E-state index contributed by atoms with van der Waals surface area (Å²) in [6.45, 7) is -0.0757. The maximum atomic E-state index is 12.6. The molecule has 6 nitrogen and oxygen atoms in total. The molecule has 0 saturated heterocycles. The predicted octanol–water partition coefficient (Wildman–Crippen LogP) is 3.08. The molecule has 2 aromatic carbocycles. The van der Waals surface area contributed by atoms with E-state index in [1.165, 1.54) is 19.2 Å². The summed E-state index contributed by atoms with van der Waals surface area (Å²) >= 11 is 0. The highest BCUT2D eigenvalue weighted by Crippen LogP contribution is 2.47. The maximum absolute atomic E-state index is 12.6. The molecular formula is C20H20F3N3O3. The van der Waals surface area contributed by atoms with E-state index in [4.69, 9.17) is 4.74 Å². The average Bonchev–Trinajstić information content (AvgIpc) is 3.51. The van der Waals surface area contributed by atoms with Gasteiger partial charge in [0.15, 0.2) is 0 Å². The normalized spacial score (nSPS) is 17.9. The van der Waals surface area contributed by atoms with Crippen LogP contribution >= 0.6 is 0 Å². The highest BCUT2D eigenvalue weighted by molar-refractivity contribution is 5.87. The Labute approximate surface area is 165 Å². The molecular weight excluding hydrogens is 387 g/mol. The van der Waals surface area contributed by atoms with Gasteiger partial charge in [-0.05, 0) is 42.2 Å². The number of rotatable bonds is 6. The van der Waals surface area contributed by atoms with Gasteiger partial charge in [-0.1, -0.05) is 24.3 Å². The zero-order valence-corrected chi connectivity index (χ0v) is 15.5. The Morgan fingerprint density at radius 3 is 2.41 bits per heavy atom. The molecule has 3 N–H and O–H groups in total. The summed E-state index contributed by atoms with van der Waals surface area (Å²) in [7, 11) is 1.52. The van der Waals surface area contributed by atoms with Crippen molar-refractivity contribution in [3.63, 3.8) is 0 Å². The number of amides is 2. The average molecular weight is 407 g/mol. The number of alkyl halides is 3. The Kier molecular flexibility index (Phi) is 5.95. The van der Waals surface area contributed by atoms with Gasteiger partial charge < -0.3 is 10.1 Å². The lowest BCUT2D eigenvalue weighted by Gasteiger charge is -2.11.